The Morgan fingerprint density at radius 1 is 1.14 bits per heavy atom. The molecule has 2 aromatic heterocycles. The molecule has 3 aromatic rings. The largest absolute Gasteiger partial charge is 0.480 e. The van der Waals surface area contributed by atoms with Crippen molar-refractivity contribution in [3.05, 3.63) is 74.8 Å². The molecule has 4 heterocycles. The van der Waals surface area contributed by atoms with Crippen molar-refractivity contribution in [1.29, 1.82) is 0 Å². The number of hydrogen-bond acceptors (Lipinski definition) is 8. The first-order valence-electron chi connectivity index (χ1n) is 11.5. The highest BCUT2D eigenvalue weighted by atomic mass is 32.2. The molecule has 0 unspecified atom stereocenters. The van der Waals surface area contributed by atoms with Crippen molar-refractivity contribution in [2.24, 2.45) is 0 Å². The number of para-hydroxylation sites is 1. The van der Waals surface area contributed by atoms with E-state index in [0.717, 1.165) is 22.2 Å². The third-order valence-electron chi connectivity index (χ3n) is 6.28. The van der Waals surface area contributed by atoms with Crippen LogP contribution in [0, 0.1) is 12.7 Å². The predicted molar refractivity (Wildman–Crippen MR) is 145 cm³/mol. The number of amides is 1. The Morgan fingerprint density at radius 2 is 1.84 bits per heavy atom. The van der Waals surface area contributed by atoms with Crippen LogP contribution in [0.1, 0.15) is 11.1 Å². The van der Waals surface area contributed by atoms with Crippen molar-refractivity contribution in [3.8, 4) is 0 Å². The maximum Gasteiger partial charge on any atom is 0.323 e. The Bertz CT molecular complexity index is 1530. The SMILES string of the molecule is Cc1cccn2c(=O)c(/C=C3\SC(=S)N(CC(=O)O)C3=O)c(N3CCN(c4ccccc4F)CC3)nc12. The molecular weight excluding hydrogens is 517 g/mol. The fraction of sp³-hybridized carbons (Fsp3) is 0.240. The summed E-state index contributed by atoms with van der Waals surface area (Å²) in [6.45, 7) is 3.28. The van der Waals surface area contributed by atoms with Crippen LogP contribution < -0.4 is 15.4 Å². The number of rotatable bonds is 5. The van der Waals surface area contributed by atoms with Crippen molar-refractivity contribution in [3.63, 3.8) is 0 Å². The summed E-state index contributed by atoms with van der Waals surface area (Å²) >= 11 is 6.15. The Hall–Kier alpha value is -3.77. The lowest BCUT2D eigenvalue weighted by molar-refractivity contribution is -0.140. The number of piperazine rings is 1. The molecule has 1 aromatic carbocycles. The molecule has 0 atom stereocenters. The second-order valence-corrected chi connectivity index (χ2v) is 10.3. The summed E-state index contributed by atoms with van der Waals surface area (Å²) < 4.78 is 15.9. The zero-order valence-corrected chi connectivity index (χ0v) is 21.4. The van der Waals surface area contributed by atoms with Gasteiger partial charge in [-0.05, 0) is 36.8 Å². The van der Waals surface area contributed by atoms with Crippen LogP contribution in [0.25, 0.3) is 11.7 Å². The van der Waals surface area contributed by atoms with Gasteiger partial charge in [-0.1, -0.05) is 42.2 Å². The molecular formula is C25H22FN5O4S2. The molecule has 0 aliphatic carbocycles. The highest BCUT2D eigenvalue weighted by Gasteiger charge is 2.34. The van der Waals surface area contributed by atoms with E-state index in [-0.39, 0.29) is 26.2 Å². The average molecular weight is 540 g/mol. The van der Waals surface area contributed by atoms with E-state index in [0.29, 0.717) is 43.3 Å². The topological polar surface area (TPSA) is 98.5 Å². The quantitative estimate of drug-likeness (QED) is 0.388. The number of nitrogens with zero attached hydrogens (tertiary/aromatic N) is 5. The minimum Gasteiger partial charge on any atom is -0.480 e. The van der Waals surface area contributed by atoms with Gasteiger partial charge >= 0.3 is 5.97 Å². The van der Waals surface area contributed by atoms with Crippen LogP contribution in [-0.2, 0) is 9.59 Å². The number of carboxylic acid groups (broad SMARTS) is 1. The number of thioether (sulfide) groups is 1. The van der Waals surface area contributed by atoms with Crippen molar-refractivity contribution in [1.82, 2.24) is 14.3 Å². The number of carbonyl (C=O) groups is 2. The van der Waals surface area contributed by atoms with Crippen molar-refractivity contribution in [2.45, 2.75) is 6.92 Å². The number of pyridine rings is 1. The van der Waals surface area contributed by atoms with Crippen LogP contribution >= 0.6 is 24.0 Å². The first-order chi connectivity index (χ1) is 17.7. The molecule has 0 radical (unpaired) electrons. The summed E-state index contributed by atoms with van der Waals surface area (Å²) in [5, 5.41) is 9.13. The molecule has 9 nitrogen and oxygen atoms in total. The number of aryl methyl sites for hydroxylation is 1. The standard InChI is InChI=1S/C25H22FN5O4S2/c1-15-5-4-8-30-21(15)27-22(29-11-9-28(10-12-29)18-7-3-2-6-17(18)26)16(23(30)34)13-19-24(35)31(14-20(32)33)25(36)37-19/h2-8,13H,9-12,14H2,1H3,(H,32,33)/b19-13-. The lowest BCUT2D eigenvalue weighted by atomic mass is 10.2. The summed E-state index contributed by atoms with van der Waals surface area (Å²) in [6.07, 6.45) is 3.06. The molecule has 1 amide bonds. The number of halogens is 1. The highest BCUT2D eigenvalue weighted by molar-refractivity contribution is 8.26. The fourth-order valence-corrected chi connectivity index (χ4v) is 5.67. The number of aliphatic carboxylic acids is 1. The normalized spacial score (nSPS) is 17.4. The zero-order valence-electron chi connectivity index (χ0n) is 19.8. The van der Waals surface area contributed by atoms with Crippen molar-refractivity contribution >= 4 is 63.4 Å². The third kappa shape index (κ3) is 4.69. The second-order valence-electron chi connectivity index (χ2n) is 8.63. The number of aromatic nitrogens is 2. The van der Waals surface area contributed by atoms with Gasteiger partial charge in [0.1, 0.15) is 28.1 Å². The van der Waals surface area contributed by atoms with Crippen molar-refractivity contribution < 1.29 is 19.1 Å². The van der Waals surface area contributed by atoms with Crippen LogP contribution in [0.3, 0.4) is 0 Å². The third-order valence-corrected chi connectivity index (χ3v) is 7.66. The van der Waals surface area contributed by atoms with Gasteiger partial charge < -0.3 is 14.9 Å². The Labute approximate surface area is 220 Å². The van der Waals surface area contributed by atoms with Crippen LogP contribution in [0.4, 0.5) is 15.9 Å². The van der Waals surface area contributed by atoms with Gasteiger partial charge in [0, 0.05) is 32.4 Å². The lowest BCUT2D eigenvalue weighted by Gasteiger charge is -2.37. The smallest absolute Gasteiger partial charge is 0.323 e. The van der Waals surface area contributed by atoms with E-state index < -0.39 is 18.4 Å². The average Bonchev–Trinajstić information content (AvgIpc) is 3.13. The van der Waals surface area contributed by atoms with E-state index in [2.05, 4.69) is 0 Å². The van der Waals surface area contributed by atoms with Crippen molar-refractivity contribution in [2.75, 3.05) is 42.5 Å². The number of hydrogen-bond donors (Lipinski definition) is 1. The van der Waals surface area contributed by atoms with Crippen LogP contribution in [-0.4, -0.2) is 68.3 Å². The van der Waals surface area contributed by atoms with Gasteiger partial charge in [0.25, 0.3) is 11.5 Å². The Balaban J connectivity index is 1.55. The van der Waals surface area contributed by atoms with E-state index in [9.17, 15) is 18.8 Å². The number of anilines is 2. The summed E-state index contributed by atoms with van der Waals surface area (Å²) in [7, 11) is 0. The number of fused-ring (bicyclic) bond motifs is 1. The van der Waals surface area contributed by atoms with Gasteiger partial charge in [0.2, 0.25) is 0 Å². The van der Waals surface area contributed by atoms with Gasteiger partial charge in [0.15, 0.2) is 0 Å². The second kappa shape index (κ2) is 9.94. The first-order valence-corrected chi connectivity index (χ1v) is 12.7. The molecule has 5 rings (SSSR count). The Morgan fingerprint density at radius 3 is 2.54 bits per heavy atom. The predicted octanol–water partition coefficient (Wildman–Crippen LogP) is 2.75. The van der Waals surface area contributed by atoms with Crippen LogP contribution in [0.2, 0.25) is 0 Å². The molecule has 1 N–H and O–H groups in total. The summed E-state index contributed by atoms with van der Waals surface area (Å²) in [5.41, 5.74) is 1.67. The molecule has 190 valence electrons. The monoisotopic (exact) mass is 539 g/mol. The van der Waals surface area contributed by atoms with Gasteiger partial charge in [-0.3, -0.25) is 23.7 Å². The maximum atomic E-state index is 14.3. The van der Waals surface area contributed by atoms with E-state index in [1.807, 2.05) is 22.8 Å². The van der Waals surface area contributed by atoms with Crippen LogP contribution in [0.5, 0.6) is 0 Å². The molecule has 2 aliphatic heterocycles. The first kappa shape index (κ1) is 24.9. The van der Waals surface area contributed by atoms with Gasteiger partial charge in [-0.15, -0.1) is 0 Å². The van der Waals surface area contributed by atoms with Gasteiger partial charge in [-0.2, -0.15) is 0 Å². The number of thiocarbonyl (C=S) groups is 1. The van der Waals surface area contributed by atoms with E-state index in [1.165, 1.54) is 16.5 Å². The lowest BCUT2D eigenvalue weighted by Crippen LogP contribution is -2.47. The molecule has 12 heteroatoms. The minimum absolute atomic E-state index is 0.114. The maximum absolute atomic E-state index is 14.3. The number of benzene rings is 1. The minimum atomic E-state index is -1.19. The molecule has 0 bridgehead atoms. The number of carboxylic acids is 1. The summed E-state index contributed by atoms with van der Waals surface area (Å²) in [6, 6.07) is 10.2. The van der Waals surface area contributed by atoms with E-state index in [1.54, 1.807) is 30.5 Å². The summed E-state index contributed by atoms with van der Waals surface area (Å²) in [4.78, 5) is 47.6. The highest BCUT2D eigenvalue weighted by Crippen LogP contribution is 2.34. The molecule has 2 saturated heterocycles. The molecule has 0 spiro atoms. The molecule has 2 aliphatic rings. The van der Waals surface area contributed by atoms with E-state index >= 15 is 0 Å². The zero-order chi connectivity index (χ0) is 26.3. The fourth-order valence-electron chi connectivity index (χ4n) is 4.44. The Kier molecular flexibility index (Phi) is 6.69. The molecule has 2 fully saturated rings. The van der Waals surface area contributed by atoms with Gasteiger partial charge in [-0.25, -0.2) is 9.37 Å². The van der Waals surface area contributed by atoms with E-state index in [4.69, 9.17) is 22.3 Å². The molecule has 37 heavy (non-hydrogen) atoms. The van der Waals surface area contributed by atoms with Crippen LogP contribution in [0.15, 0.2) is 52.3 Å². The molecule has 0 saturated carbocycles. The number of carbonyl (C=O) groups excluding carboxylic acids is 1. The van der Waals surface area contributed by atoms with Gasteiger partial charge in [0.05, 0.1) is 16.2 Å². The summed E-state index contributed by atoms with van der Waals surface area (Å²) in [5.74, 6) is -1.64.